The van der Waals surface area contributed by atoms with Gasteiger partial charge in [0.15, 0.2) is 0 Å². The highest BCUT2D eigenvalue weighted by molar-refractivity contribution is 7.92. The van der Waals surface area contributed by atoms with E-state index in [-0.39, 0.29) is 16.5 Å². The fourth-order valence-corrected chi connectivity index (χ4v) is 5.30. The standard InChI is InChI=1S/C22H21ClF3N5O5S2/c1-13-10-14(2)28-21(27-13)30-38(35,36)17-7-4-15(5-8-17)29-20(32)12-31(37(3,33)34)16-6-9-19(23)18(11-16)22(24,25)26/h4-11H,12H2,1-3H3,(H,29,32)(H,27,28,30). The summed E-state index contributed by atoms with van der Waals surface area (Å²) in [7, 11) is -8.24. The van der Waals surface area contributed by atoms with Crippen molar-refractivity contribution in [2.24, 2.45) is 0 Å². The molecular formula is C22H21ClF3N5O5S2. The topological polar surface area (TPSA) is 138 Å². The maximum Gasteiger partial charge on any atom is 0.417 e. The van der Waals surface area contributed by atoms with Crippen LogP contribution in [-0.4, -0.2) is 45.5 Å². The summed E-state index contributed by atoms with van der Waals surface area (Å²) in [6.45, 7) is 2.50. The van der Waals surface area contributed by atoms with E-state index < -0.39 is 54.9 Å². The van der Waals surface area contributed by atoms with Crippen LogP contribution in [0.1, 0.15) is 17.0 Å². The van der Waals surface area contributed by atoms with Crippen molar-refractivity contribution in [2.45, 2.75) is 24.9 Å². The SMILES string of the molecule is Cc1cc(C)nc(NS(=O)(=O)c2ccc(NC(=O)CN(c3ccc(Cl)c(C(F)(F)F)c3)S(C)(=O)=O)cc2)n1. The van der Waals surface area contributed by atoms with Crippen LogP contribution in [0.25, 0.3) is 0 Å². The van der Waals surface area contributed by atoms with Crippen LogP contribution in [0.4, 0.5) is 30.5 Å². The Balaban J connectivity index is 1.77. The number of alkyl halides is 3. The molecule has 1 aromatic heterocycles. The average molecular weight is 592 g/mol. The van der Waals surface area contributed by atoms with Gasteiger partial charge in [-0.05, 0) is 62.4 Å². The molecule has 16 heteroatoms. The first-order valence-electron chi connectivity index (χ1n) is 10.6. The number of anilines is 3. The molecule has 10 nitrogen and oxygen atoms in total. The van der Waals surface area contributed by atoms with Crippen LogP contribution in [0.3, 0.4) is 0 Å². The summed E-state index contributed by atoms with van der Waals surface area (Å²) in [5.41, 5.74) is -0.450. The fraction of sp³-hybridized carbons (Fsp3) is 0.227. The Kier molecular flexibility index (Phi) is 8.24. The van der Waals surface area contributed by atoms with Gasteiger partial charge in [0, 0.05) is 17.1 Å². The van der Waals surface area contributed by atoms with Crippen LogP contribution in [0, 0.1) is 13.8 Å². The molecule has 0 aliphatic carbocycles. The first-order valence-corrected chi connectivity index (χ1v) is 14.3. The summed E-state index contributed by atoms with van der Waals surface area (Å²) in [5, 5.41) is 1.75. The zero-order valence-corrected chi connectivity index (χ0v) is 22.4. The second kappa shape index (κ2) is 10.7. The van der Waals surface area contributed by atoms with E-state index in [9.17, 15) is 34.8 Å². The maximum absolute atomic E-state index is 13.2. The number of carbonyl (C=O) groups excluding carboxylic acids is 1. The van der Waals surface area contributed by atoms with Gasteiger partial charge < -0.3 is 5.32 Å². The lowest BCUT2D eigenvalue weighted by Crippen LogP contribution is -2.37. The van der Waals surface area contributed by atoms with Crippen molar-refractivity contribution in [1.82, 2.24) is 9.97 Å². The molecule has 0 aliphatic heterocycles. The molecule has 1 amide bonds. The molecule has 0 saturated carbocycles. The Labute approximate surface area is 222 Å². The number of hydrogen-bond donors (Lipinski definition) is 2. The Morgan fingerprint density at radius 2 is 1.55 bits per heavy atom. The molecule has 0 unspecified atom stereocenters. The summed E-state index contributed by atoms with van der Waals surface area (Å²) >= 11 is 5.60. The maximum atomic E-state index is 13.2. The van der Waals surface area contributed by atoms with Crippen molar-refractivity contribution in [3.05, 3.63) is 70.5 Å². The van der Waals surface area contributed by atoms with Gasteiger partial charge in [-0.2, -0.15) is 13.2 Å². The summed E-state index contributed by atoms with van der Waals surface area (Å²) in [5.74, 6) is -1.01. The molecule has 204 valence electrons. The van der Waals surface area contributed by atoms with Crippen LogP contribution in [0.5, 0.6) is 0 Å². The molecular weight excluding hydrogens is 571 g/mol. The normalized spacial score (nSPS) is 12.2. The van der Waals surface area contributed by atoms with Crippen LogP contribution in [0.2, 0.25) is 5.02 Å². The molecule has 3 rings (SSSR count). The lowest BCUT2D eigenvalue weighted by molar-refractivity contribution is -0.137. The fourth-order valence-electron chi connectivity index (χ4n) is 3.28. The molecule has 38 heavy (non-hydrogen) atoms. The Morgan fingerprint density at radius 3 is 2.08 bits per heavy atom. The monoisotopic (exact) mass is 591 g/mol. The third-order valence-electron chi connectivity index (χ3n) is 4.89. The number of nitrogens with one attached hydrogen (secondary N) is 2. The zero-order valence-electron chi connectivity index (χ0n) is 20.0. The van der Waals surface area contributed by atoms with E-state index in [1.165, 1.54) is 24.3 Å². The number of aromatic nitrogens is 2. The molecule has 2 aromatic carbocycles. The third kappa shape index (κ3) is 7.33. The minimum Gasteiger partial charge on any atom is -0.325 e. The summed E-state index contributed by atoms with van der Waals surface area (Å²) < 4.78 is 92.2. The van der Waals surface area contributed by atoms with Crippen LogP contribution < -0.4 is 14.3 Å². The number of halogens is 4. The van der Waals surface area contributed by atoms with E-state index in [4.69, 9.17) is 11.6 Å². The van der Waals surface area contributed by atoms with Gasteiger partial charge in [-0.1, -0.05) is 11.6 Å². The van der Waals surface area contributed by atoms with Crippen molar-refractivity contribution >= 4 is 54.9 Å². The number of aryl methyl sites for hydroxylation is 2. The molecule has 0 saturated heterocycles. The zero-order chi connectivity index (χ0) is 28.5. The van der Waals surface area contributed by atoms with Gasteiger partial charge >= 0.3 is 6.18 Å². The molecule has 0 fully saturated rings. The van der Waals surface area contributed by atoms with E-state index in [2.05, 4.69) is 20.0 Å². The Morgan fingerprint density at radius 1 is 0.974 bits per heavy atom. The molecule has 2 N–H and O–H groups in total. The van der Waals surface area contributed by atoms with Crippen LogP contribution >= 0.6 is 11.6 Å². The number of sulfonamides is 2. The number of nitrogens with zero attached hydrogens (tertiary/aromatic N) is 3. The highest BCUT2D eigenvalue weighted by Gasteiger charge is 2.34. The van der Waals surface area contributed by atoms with Crippen molar-refractivity contribution in [3.63, 3.8) is 0 Å². The first-order chi connectivity index (χ1) is 17.5. The van der Waals surface area contributed by atoms with E-state index in [1.807, 2.05) is 0 Å². The van der Waals surface area contributed by atoms with Crippen LogP contribution in [0.15, 0.2) is 53.4 Å². The Bertz CT molecular complexity index is 1560. The highest BCUT2D eigenvalue weighted by Crippen LogP contribution is 2.37. The molecule has 3 aromatic rings. The molecule has 1 heterocycles. The quantitative estimate of drug-likeness (QED) is 0.404. The number of benzene rings is 2. The minimum absolute atomic E-state index is 0.108. The van der Waals surface area contributed by atoms with Gasteiger partial charge in [0.05, 0.1) is 27.4 Å². The molecule has 0 spiro atoms. The smallest absolute Gasteiger partial charge is 0.325 e. The summed E-state index contributed by atoms with van der Waals surface area (Å²) in [6, 6.07) is 9.00. The van der Waals surface area contributed by atoms with Crippen molar-refractivity contribution in [3.8, 4) is 0 Å². The molecule has 0 bridgehead atoms. The van der Waals surface area contributed by atoms with Gasteiger partial charge in [0.1, 0.15) is 6.54 Å². The largest absolute Gasteiger partial charge is 0.417 e. The summed E-state index contributed by atoms with van der Waals surface area (Å²) in [4.78, 5) is 20.4. The third-order valence-corrected chi connectivity index (χ3v) is 7.70. The number of hydrogen-bond acceptors (Lipinski definition) is 7. The van der Waals surface area contributed by atoms with E-state index in [0.717, 1.165) is 18.4 Å². The first kappa shape index (κ1) is 29.1. The lowest BCUT2D eigenvalue weighted by atomic mass is 10.2. The van der Waals surface area contributed by atoms with Gasteiger partial charge in [-0.3, -0.25) is 9.10 Å². The molecule has 0 atom stereocenters. The van der Waals surface area contributed by atoms with E-state index in [1.54, 1.807) is 19.9 Å². The minimum atomic E-state index is -4.85. The van der Waals surface area contributed by atoms with Gasteiger partial charge in [-0.25, -0.2) is 31.5 Å². The molecule has 0 aliphatic rings. The highest BCUT2D eigenvalue weighted by atomic mass is 35.5. The predicted octanol–water partition coefficient (Wildman–Crippen LogP) is 3.97. The van der Waals surface area contributed by atoms with Gasteiger partial charge in [0.2, 0.25) is 21.9 Å². The second-order valence-corrected chi connectivity index (χ2v) is 12.1. The Hall–Kier alpha value is -3.43. The number of rotatable bonds is 8. The van der Waals surface area contributed by atoms with Crippen molar-refractivity contribution in [1.29, 1.82) is 0 Å². The van der Waals surface area contributed by atoms with E-state index >= 15 is 0 Å². The number of carbonyl (C=O) groups is 1. The van der Waals surface area contributed by atoms with Crippen LogP contribution in [-0.2, 0) is 31.0 Å². The van der Waals surface area contributed by atoms with Crippen molar-refractivity contribution in [2.75, 3.05) is 27.1 Å². The molecule has 0 radical (unpaired) electrons. The van der Waals surface area contributed by atoms with E-state index in [0.29, 0.717) is 21.8 Å². The predicted molar refractivity (Wildman–Crippen MR) is 136 cm³/mol. The number of amides is 1. The summed E-state index contributed by atoms with van der Waals surface area (Å²) in [6.07, 6.45) is -4.12. The second-order valence-electron chi connectivity index (χ2n) is 8.08. The van der Waals surface area contributed by atoms with Gasteiger partial charge in [-0.15, -0.1) is 0 Å². The average Bonchev–Trinajstić information content (AvgIpc) is 2.76. The van der Waals surface area contributed by atoms with Crippen molar-refractivity contribution < 1.29 is 34.8 Å². The lowest BCUT2D eigenvalue weighted by Gasteiger charge is -2.23. The van der Waals surface area contributed by atoms with Gasteiger partial charge in [0.25, 0.3) is 10.0 Å².